The van der Waals surface area contributed by atoms with Crippen LogP contribution in [0.25, 0.3) is 0 Å². The first kappa shape index (κ1) is 16.3. The standard InChI is InChI=1S/C16H29N3O2/c1-13(15(20)18-9-5-4-6-10-18)19-11-7-8-14(12-19)16(21)17(2)3/h13-14H,4-12H2,1-3H3. The Hall–Kier alpha value is -1.10. The zero-order valence-electron chi connectivity index (χ0n) is 13.7. The van der Waals surface area contributed by atoms with E-state index in [4.69, 9.17) is 0 Å². The molecule has 0 spiro atoms. The van der Waals surface area contributed by atoms with Crippen molar-refractivity contribution in [2.75, 3.05) is 40.3 Å². The highest BCUT2D eigenvalue weighted by Crippen LogP contribution is 2.21. The summed E-state index contributed by atoms with van der Waals surface area (Å²) in [5.41, 5.74) is 0. The van der Waals surface area contributed by atoms with Crippen molar-refractivity contribution in [3.05, 3.63) is 0 Å². The second-order valence-electron chi connectivity index (χ2n) is 6.63. The summed E-state index contributed by atoms with van der Waals surface area (Å²) >= 11 is 0. The van der Waals surface area contributed by atoms with Crippen molar-refractivity contribution in [3.8, 4) is 0 Å². The minimum absolute atomic E-state index is 0.0466. The Bertz CT molecular complexity index is 378. The van der Waals surface area contributed by atoms with Crippen LogP contribution in [0.2, 0.25) is 0 Å². The molecule has 0 aliphatic carbocycles. The van der Waals surface area contributed by atoms with Gasteiger partial charge in [0, 0.05) is 33.7 Å². The SMILES string of the molecule is CC(C(=O)N1CCCCC1)N1CCCC(C(=O)N(C)C)C1. The smallest absolute Gasteiger partial charge is 0.239 e. The molecule has 0 N–H and O–H groups in total. The van der Waals surface area contributed by atoms with Crippen LogP contribution < -0.4 is 0 Å². The molecule has 2 fully saturated rings. The lowest BCUT2D eigenvalue weighted by Gasteiger charge is -2.39. The molecule has 2 unspecified atom stereocenters. The predicted octanol–water partition coefficient (Wildman–Crippen LogP) is 1.19. The maximum atomic E-state index is 12.6. The average molecular weight is 295 g/mol. The summed E-state index contributed by atoms with van der Waals surface area (Å²) in [6.45, 7) is 5.45. The Morgan fingerprint density at radius 3 is 2.33 bits per heavy atom. The zero-order chi connectivity index (χ0) is 15.4. The van der Waals surface area contributed by atoms with Crippen molar-refractivity contribution in [2.24, 2.45) is 5.92 Å². The van der Waals surface area contributed by atoms with Crippen molar-refractivity contribution in [1.29, 1.82) is 0 Å². The summed E-state index contributed by atoms with van der Waals surface area (Å²) in [6.07, 6.45) is 5.43. The highest BCUT2D eigenvalue weighted by Gasteiger charge is 2.33. The van der Waals surface area contributed by atoms with Gasteiger partial charge < -0.3 is 9.80 Å². The summed E-state index contributed by atoms with van der Waals surface area (Å²) in [5.74, 6) is 0.482. The van der Waals surface area contributed by atoms with E-state index in [0.717, 1.165) is 51.9 Å². The van der Waals surface area contributed by atoms with Gasteiger partial charge in [0.25, 0.3) is 0 Å². The molecule has 0 bridgehead atoms. The topological polar surface area (TPSA) is 43.9 Å². The first-order valence-electron chi connectivity index (χ1n) is 8.24. The molecule has 2 aliphatic heterocycles. The third-order valence-electron chi connectivity index (χ3n) is 4.82. The summed E-state index contributed by atoms with van der Waals surface area (Å²) in [6, 6.07) is -0.0964. The van der Waals surface area contributed by atoms with E-state index < -0.39 is 0 Å². The third-order valence-corrected chi connectivity index (χ3v) is 4.82. The predicted molar refractivity (Wildman–Crippen MR) is 82.9 cm³/mol. The molecule has 2 amide bonds. The van der Waals surface area contributed by atoms with Gasteiger partial charge in [-0.1, -0.05) is 0 Å². The molecule has 2 saturated heterocycles. The molecule has 0 aromatic rings. The van der Waals surface area contributed by atoms with Crippen molar-refractivity contribution >= 4 is 11.8 Å². The number of hydrogen-bond acceptors (Lipinski definition) is 3. The van der Waals surface area contributed by atoms with Crippen molar-refractivity contribution < 1.29 is 9.59 Å². The Morgan fingerprint density at radius 1 is 1.05 bits per heavy atom. The summed E-state index contributed by atoms with van der Waals surface area (Å²) < 4.78 is 0. The molecule has 0 aromatic heterocycles. The number of hydrogen-bond donors (Lipinski definition) is 0. The second kappa shape index (κ2) is 7.25. The van der Waals surface area contributed by atoms with Crippen molar-refractivity contribution in [1.82, 2.24) is 14.7 Å². The molecular formula is C16H29N3O2. The minimum Gasteiger partial charge on any atom is -0.349 e. The van der Waals surface area contributed by atoms with E-state index in [1.807, 2.05) is 25.9 Å². The molecule has 120 valence electrons. The fourth-order valence-corrected chi connectivity index (χ4v) is 3.46. The molecule has 2 aliphatic rings. The molecular weight excluding hydrogens is 266 g/mol. The maximum absolute atomic E-state index is 12.6. The lowest BCUT2D eigenvalue weighted by Crippen LogP contribution is -2.53. The monoisotopic (exact) mass is 295 g/mol. The van der Waals surface area contributed by atoms with Gasteiger partial charge in [-0.05, 0) is 45.6 Å². The first-order chi connectivity index (χ1) is 10.0. The number of carbonyl (C=O) groups is 2. The number of rotatable bonds is 3. The van der Waals surface area contributed by atoms with Crippen LogP contribution >= 0.6 is 0 Å². The van der Waals surface area contributed by atoms with Crippen LogP contribution in [0.3, 0.4) is 0 Å². The number of carbonyl (C=O) groups excluding carboxylic acids is 2. The van der Waals surface area contributed by atoms with E-state index in [9.17, 15) is 9.59 Å². The molecule has 0 radical (unpaired) electrons. The fraction of sp³-hybridized carbons (Fsp3) is 0.875. The summed E-state index contributed by atoms with van der Waals surface area (Å²) in [5, 5.41) is 0. The number of likely N-dealkylation sites (tertiary alicyclic amines) is 2. The number of piperidine rings is 2. The van der Waals surface area contributed by atoms with Crippen LogP contribution in [0.5, 0.6) is 0 Å². The van der Waals surface area contributed by atoms with Crippen LogP contribution in [-0.4, -0.2) is 72.8 Å². The van der Waals surface area contributed by atoms with Gasteiger partial charge in [0.05, 0.1) is 12.0 Å². The highest BCUT2D eigenvalue weighted by molar-refractivity contribution is 5.82. The van der Waals surface area contributed by atoms with Crippen molar-refractivity contribution in [3.63, 3.8) is 0 Å². The van der Waals surface area contributed by atoms with E-state index in [-0.39, 0.29) is 23.8 Å². The van der Waals surface area contributed by atoms with E-state index in [1.165, 1.54) is 6.42 Å². The van der Waals surface area contributed by atoms with Crippen LogP contribution in [0.1, 0.15) is 39.0 Å². The molecule has 2 atom stereocenters. The van der Waals surface area contributed by atoms with Gasteiger partial charge >= 0.3 is 0 Å². The van der Waals surface area contributed by atoms with Gasteiger partial charge in [0.2, 0.25) is 11.8 Å². The number of nitrogens with zero attached hydrogens (tertiary/aromatic N) is 3. The molecule has 5 heteroatoms. The molecule has 0 saturated carbocycles. The van der Waals surface area contributed by atoms with Crippen LogP contribution in [0.15, 0.2) is 0 Å². The fourth-order valence-electron chi connectivity index (χ4n) is 3.46. The average Bonchev–Trinajstić information content (AvgIpc) is 2.53. The molecule has 21 heavy (non-hydrogen) atoms. The van der Waals surface area contributed by atoms with Gasteiger partial charge in [-0.25, -0.2) is 0 Å². The molecule has 5 nitrogen and oxygen atoms in total. The van der Waals surface area contributed by atoms with Gasteiger partial charge in [-0.15, -0.1) is 0 Å². The van der Waals surface area contributed by atoms with Crippen LogP contribution in [-0.2, 0) is 9.59 Å². The molecule has 0 aromatic carbocycles. The van der Waals surface area contributed by atoms with Crippen LogP contribution in [0, 0.1) is 5.92 Å². The molecule has 2 rings (SSSR count). The number of amides is 2. The van der Waals surface area contributed by atoms with E-state index in [2.05, 4.69) is 4.90 Å². The van der Waals surface area contributed by atoms with Gasteiger partial charge in [-0.3, -0.25) is 14.5 Å². The normalized spacial score (nSPS) is 25.5. The lowest BCUT2D eigenvalue weighted by atomic mass is 9.95. The third kappa shape index (κ3) is 3.96. The van der Waals surface area contributed by atoms with E-state index in [1.54, 1.807) is 4.90 Å². The first-order valence-corrected chi connectivity index (χ1v) is 8.24. The van der Waals surface area contributed by atoms with Gasteiger partial charge in [0.15, 0.2) is 0 Å². The Kier molecular flexibility index (Phi) is 5.62. The van der Waals surface area contributed by atoms with Gasteiger partial charge in [0.1, 0.15) is 0 Å². The molecule has 2 heterocycles. The maximum Gasteiger partial charge on any atom is 0.239 e. The van der Waals surface area contributed by atoms with E-state index in [0.29, 0.717) is 0 Å². The Morgan fingerprint density at radius 2 is 1.71 bits per heavy atom. The summed E-state index contributed by atoms with van der Waals surface area (Å²) in [7, 11) is 3.62. The minimum atomic E-state index is -0.0964. The largest absolute Gasteiger partial charge is 0.349 e. The van der Waals surface area contributed by atoms with Crippen molar-refractivity contribution in [2.45, 2.75) is 45.1 Å². The lowest BCUT2D eigenvalue weighted by molar-refractivity contribution is -0.141. The van der Waals surface area contributed by atoms with E-state index >= 15 is 0 Å². The summed E-state index contributed by atoms with van der Waals surface area (Å²) in [4.78, 5) is 30.6. The zero-order valence-corrected chi connectivity index (χ0v) is 13.7. The Balaban J connectivity index is 1.93. The quantitative estimate of drug-likeness (QED) is 0.785. The van der Waals surface area contributed by atoms with Crippen LogP contribution in [0.4, 0.5) is 0 Å². The highest BCUT2D eigenvalue weighted by atomic mass is 16.2. The van der Waals surface area contributed by atoms with Gasteiger partial charge in [-0.2, -0.15) is 0 Å². The Labute approximate surface area is 128 Å². The second-order valence-corrected chi connectivity index (χ2v) is 6.63.